The third-order valence-corrected chi connectivity index (χ3v) is 1.76. The third-order valence-electron chi connectivity index (χ3n) is 1.76. The molecule has 0 saturated carbocycles. The molecule has 0 rings (SSSR count). The molecular formula is C10H17N3O2. The van der Waals surface area contributed by atoms with Gasteiger partial charge in [0.2, 0.25) is 0 Å². The van der Waals surface area contributed by atoms with E-state index in [1.807, 2.05) is 26.0 Å². The summed E-state index contributed by atoms with van der Waals surface area (Å²) in [4.78, 5) is 18.0. The Hall–Kier alpha value is -1.54. The zero-order valence-electron chi connectivity index (χ0n) is 9.65. The maximum absolute atomic E-state index is 11.1. The van der Waals surface area contributed by atoms with Gasteiger partial charge in [0, 0.05) is 26.3 Å². The van der Waals surface area contributed by atoms with Crippen LogP contribution < -0.4 is 0 Å². The second-order valence-electron chi connectivity index (χ2n) is 3.40. The summed E-state index contributed by atoms with van der Waals surface area (Å²) >= 11 is 0. The minimum absolute atomic E-state index is 0.00115. The van der Waals surface area contributed by atoms with Gasteiger partial charge < -0.3 is 14.5 Å². The van der Waals surface area contributed by atoms with Gasteiger partial charge in [0.15, 0.2) is 0 Å². The van der Waals surface area contributed by atoms with Gasteiger partial charge in [-0.1, -0.05) is 0 Å². The standard InChI is InChI=1S/C10H17N3O2/c1-11-9(10(14)15-5)8-13(4)7-6-12(2)3/h8H,6-7H2,2-5H3/b9-8-. The molecule has 0 unspecified atom stereocenters. The van der Waals surface area contributed by atoms with Crippen LogP contribution in [0.5, 0.6) is 0 Å². The van der Waals surface area contributed by atoms with Crippen molar-refractivity contribution in [2.24, 2.45) is 0 Å². The quantitative estimate of drug-likeness (QED) is 0.375. The fourth-order valence-electron chi connectivity index (χ4n) is 0.863. The highest BCUT2D eigenvalue weighted by Gasteiger charge is 2.10. The molecule has 0 aliphatic carbocycles. The highest BCUT2D eigenvalue weighted by molar-refractivity contribution is 5.90. The molecule has 0 spiro atoms. The molecule has 84 valence electrons. The highest BCUT2D eigenvalue weighted by Crippen LogP contribution is 2.01. The predicted octanol–water partition coefficient (Wildman–Crippen LogP) is 0.413. The zero-order valence-corrected chi connectivity index (χ0v) is 9.65. The second kappa shape index (κ2) is 6.85. The SMILES string of the molecule is [C-]#[N+]/C(=C\N(C)CCN(C)C)C(=O)OC. The Kier molecular flexibility index (Phi) is 6.14. The van der Waals surface area contributed by atoms with E-state index in [1.54, 1.807) is 4.90 Å². The number of nitrogens with zero attached hydrogens (tertiary/aromatic N) is 3. The zero-order chi connectivity index (χ0) is 11.8. The van der Waals surface area contributed by atoms with Gasteiger partial charge in [0.05, 0.1) is 13.7 Å². The van der Waals surface area contributed by atoms with Gasteiger partial charge in [0.1, 0.15) is 0 Å². The molecule has 0 atom stereocenters. The first-order valence-electron chi connectivity index (χ1n) is 4.53. The molecule has 0 aliphatic heterocycles. The number of esters is 1. The van der Waals surface area contributed by atoms with Gasteiger partial charge in [-0.3, -0.25) is 4.79 Å². The number of rotatable bonds is 5. The van der Waals surface area contributed by atoms with Crippen LogP contribution >= 0.6 is 0 Å². The summed E-state index contributed by atoms with van der Waals surface area (Å²) in [5.41, 5.74) is -0.00115. The van der Waals surface area contributed by atoms with Crippen LogP contribution in [0.1, 0.15) is 0 Å². The lowest BCUT2D eigenvalue weighted by atomic mass is 10.4. The minimum Gasteiger partial charge on any atom is -0.474 e. The van der Waals surface area contributed by atoms with Crippen molar-refractivity contribution < 1.29 is 9.53 Å². The second-order valence-corrected chi connectivity index (χ2v) is 3.40. The summed E-state index contributed by atoms with van der Waals surface area (Å²) < 4.78 is 4.47. The maximum atomic E-state index is 11.1. The van der Waals surface area contributed by atoms with E-state index in [0.29, 0.717) is 0 Å². The smallest absolute Gasteiger partial charge is 0.337 e. The van der Waals surface area contributed by atoms with E-state index in [9.17, 15) is 4.79 Å². The van der Waals surface area contributed by atoms with Crippen molar-refractivity contribution in [1.82, 2.24) is 9.80 Å². The number of methoxy groups -OCH3 is 1. The third kappa shape index (κ3) is 5.70. The molecule has 0 aromatic carbocycles. The van der Waals surface area contributed by atoms with Gasteiger partial charge in [-0.25, -0.2) is 4.85 Å². The Morgan fingerprint density at radius 2 is 2.00 bits per heavy atom. The molecule has 0 aromatic rings. The normalized spacial score (nSPS) is 11.1. The number of ether oxygens (including phenoxy) is 1. The number of likely N-dealkylation sites (N-methyl/N-ethyl adjacent to an activating group) is 2. The molecule has 0 bridgehead atoms. The molecule has 0 N–H and O–H groups in total. The number of carbonyl (C=O) groups is 1. The molecule has 0 aliphatic rings. The minimum atomic E-state index is -0.596. The summed E-state index contributed by atoms with van der Waals surface area (Å²) in [6.07, 6.45) is 1.50. The maximum Gasteiger partial charge on any atom is 0.337 e. The van der Waals surface area contributed by atoms with Crippen LogP contribution in [0.2, 0.25) is 0 Å². The molecule has 0 aromatic heterocycles. The Bertz CT molecular complexity index is 279. The summed E-state index contributed by atoms with van der Waals surface area (Å²) in [5, 5.41) is 0. The lowest BCUT2D eigenvalue weighted by Crippen LogP contribution is -2.25. The molecule has 5 heteroatoms. The fraction of sp³-hybridized carbons (Fsp3) is 0.600. The lowest BCUT2D eigenvalue weighted by Gasteiger charge is -2.17. The van der Waals surface area contributed by atoms with E-state index in [1.165, 1.54) is 13.3 Å². The summed E-state index contributed by atoms with van der Waals surface area (Å²) in [6, 6.07) is 0. The molecule has 0 amide bonds. The monoisotopic (exact) mass is 211 g/mol. The van der Waals surface area contributed by atoms with Crippen molar-refractivity contribution in [3.05, 3.63) is 23.3 Å². The van der Waals surface area contributed by atoms with Crippen molar-refractivity contribution >= 4 is 5.97 Å². The molecule has 0 radical (unpaired) electrons. The van der Waals surface area contributed by atoms with Crippen LogP contribution in [0.25, 0.3) is 4.85 Å². The van der Waals surface area contributed by atoms with Crippen LogP contribution in [0, 0.1) is 6.57 Å². The van der Waals surface area contributed by atoms with E-state index in [0.717, 1.165) is 13.1 Å². The highest BCUT2D eigenvalue weighted by atomic mass is 16.5. The Labute approximate surface area is 90.7 Å². The van der Waals surface area contributed by atoms with Gasteiger partial charge in [-0.15, -0.1) is 0 Å². The average Bonchev–Trinajstić information content (AvgIpc) is 2.21. The summed E-state index contributed by atoms with van der Waals surface area (Å²) in [5.74, 6) is -0.596. The largest absolute Gasteiger partial charge is 0.474 e. The average molecular weight is 211 g/mol. The number of carbonyl (C=O) groups excluding carboxylic acids is 1. The summed E-state index contributed by atoms with van der Waals surface area (Å²) in [7, 11) is 7.01. The first-order valence-corrected chi connectivity index (χ1v) is 4.53. The Morgan fingerprint density at radius 3 is 2.40 bits per heavy atom. The summed E-state index contributed by atoms with van der Waals surface area (Å²) in [6.45, 7) is 8.44. The van der Waals surface area contributed by atoms with Crippen molar-refractivity contribution in [2.45, 2.75) is 0 Å². The lowest BCUT2D eigenvalue weighted by molar-refractivity contribution is -0.135. The Balaban J connectivity index is 4.31. The predicted molar refractivity (Wildman–Crippen MR) is 57.9 cm³/mol. The topological polar surface area (TPSA) is 37.1 Å². The van der Waals surface area contributed by atoms with Crippen LogP contribution in [-0.4, -0.2) is 57.1 Å². The van der Waals surface area contributed by atoms with E-state index in [4.69, 9.17) is 6.57 Å². The first-order chi connectivity index (χ1) is 7.01. The van der Waals surface area contributed by atoms with Crippen LogP contribution in [0.15, 0.2) is 11.9 Å². The fourth-order valence-corrected chi connectivity index (χ4v) is 0.863. The molecule has 0 saturated heterocycles. The van der Waals surface area contributed by atoms with Crippen molar-refractivity contribution in [3.63, 3.8) is 0 Å². The van der Waals surface area contributed by atoms with Gasteiger partial charge in [0.25, 0.3) is 5.70 Å². The Morgan fingerprint density at radius 1 is 1.40 bits per heavy atom. The molecular weight excluding hydrogens is 194 g/mol. The first kappa shape index (κ1) is 13.5. The van der Waals surface area contributed by atoms with Crippen molar-refractivity contribution in [2.75, 3.05) is 41.3 Å². The van der Waals surface area contributed by atoms with Crippen molar-refractivity contribution in [3.8, 4) is 0 Å². The van der Waals surface area contributed by atoms with Crippen LogP contribution in [0.4, 0.5) is 0 Å². The number of hydrogen-bond donors (Lipinski definition) is 0. The van der Waals surface area contributed by atoms with Gasteiger partial charge in [-0.2, -0.15) is 0 Å². The van der Waals surface area contributed by atoms with E-state index in [-0.39, 0.29) is 5.70 Å². The van der Waals surface area contributed by atoms with Crippen LogP contribution in [-0.2, 0) is 9.53 Å². The van der Waals surface area contributed by atoms with E-state index >= 15 is 0 Å². The van der Waals surface area contributed by atoms with Gasteiger partial charge in [-0.05, 0) is 14.1 Å². The molecule has 0 fully saturated rings. The number of hydrogen-bond acceptors (Lipinski definition) is 4. The van der Waals surface area contributed by atoms with Gasteiger partial charge >= 0.3 is 5.97 Å². The molecule has 0 heterocycles. The van der Waals surface area contributed by atoms with E-state index in [2.05, 4.69) is 9.58 Å². The van der Waals surface area contributed by atoms with E-state index < -0.39 is 5.97 Å². The van der Waals surface area contributed by atoms with Crippen molar-refractivity contribution in [1.29, 1.82) is 0 Å². The molecule has 15 heavy (non-hydrogen) atoms. The molecule has 5 nitrogen and oxygen atoms in total. The van der Waals surface area contributed by atoms with Crippen LogP contribution in [0.3, 0.4) is 0 Å².